The molecule has 1 amide bonds. The predicted molar refractivity (Wildman–Crippen MR) is 71.2 cm³/mol. The van der Waals surface area contributed by atoms with Gasteiger partial charge in [0.2, 0.25) is 0 Å². The molecule has 1 atom stereocenters. The molecule has 3 N–H and O–H groups in total. The first-order chi connectivity index (χ1) is 8.79. The number of likely N-dealkylation sites (N-methyl/N-ethyl adjacent to an activating group) is 1. The van der Waals surface area contributed by atoms with E-state index in [1.807, 2.05) is 0 Å². The molecule has 0 aliphatic carbocycles. The summed E-state index contributed by atoms with van der Waals surface area (Å²) in [6.45, 7) is 1.43. The summed E-state index contributed by atoms with van der Waals surface area (Å²) in [6.07, 6.45) is 0. The number of nitro groups is 1. The van der Waals surface area contributed by atoms with Crippen molar-refractivity contribution in [3.63, 3.8) is 0 Å². The summed E-state index contributed by atoms with van der Waals surface area (Å²) in [5.41, 5.74) is 4.93. The Kier molecular flexibility index (Phi) is 4.68. The zero-order valence-corrected chi connectivity index (χ0v) is 11.2. The first kappa shape index (κ1) is 15.2. The quantitative estimate of drug-likeness (QED) is 0.492. The van der Waals surface area contributed by atoms with Crippen LogP contribution in [0.3, 0.4) is 0 Å². The van der Waals surface area contributed by atoms with E-state index in [0.29, 0.717) is 0 Å². The molecule has 104 valence electrons. The average Bonchev–Trinajstić information content (AvgIpc) is 2.38. The number of benzene rings is 1. The molecule has 19 heavy (non-hydrogen) atoms. The van der Waals surface area contributed by atoms with Crippen LogP contribution in [0.15, 0.2) is 12.1 Å². The van der Waals surface area contributed by atoms with Crippen LogP contribution in [0.25, 0.3) is 0 Å². The molecule has 1 unspecified atom stereocenters. The molecule has 0 saturated heterocycles. The Labute approximate surface area is 114 Å². The molecule has 0 saturated carbocycles. The highest BCUT2D eigenvalue weighted by molar-refractivity contribution is 6.34. The zero-order valence-electron chi connectivity index (χ0n) is 10.5. The fraction of sp³-hybridized carbons (Fsp3) is 0.364. The maximum atomic E-state index is 12.1. The number of hydrogen-bond acceptors (Lipinski definition) is 5. The van der Waals surface area contributed by atoms with Gasteiger partial charge < -0.3 is 15.7 Å². The standard InChI is InChI=1S/C11H14ClN3O4/c1-6(5-16)14(2)11(17)7-3-8(12)10(13)9(4-7)15(18)19/h3-4,6,16H,5,13H2,1-2H3. The lowest BCUT2D eigenvalue weighted by Crippen LogP contribution is -2.37. The van der Waals surface area contributed by atoms with Gasteiger partial charge in [-0.1, -0.05) is 11.6 Å². The van der Waals surface area contributed by atoms with E-state index in [1.165, 1.54) is 18.0 Å². The van der Waals surface area contributed by atoms with Gasteiger partial charge >= 0.3 is 0 Å². The fourth-order valence-corrected chi connectivity index (χ4v) is 1.62. The topological polar surface area (TPSA) is 110 Å². The number of anilines is 1. The van der Waals surface area contributed by atoms with Crippen LogP contribution in [0, 0.1) is 10.1 Å². The van der Waals surface area contributed by atoms with Gasteiger partial charge in [-0.3, -0.25) is 14.9 Å². The summed E-state index contributed by atoms with van der Waals surface area (Å²) >= 11 is 5.78. The number of hydrogen-bond donors (Lipinski definition) is 2. The lowest BCUT2D eigenvalue weighted by Gasteiger charge is -2.23. The summed E-state index contributed by atoms with van der Waals surface area (Å²) in [4.78, 5) is 23.5. The minimum atomic E-state index is -0.701. The number of nitrogens with zero attached hydrogens (tertiary/aromatic N) is 2. The summed E-state index contributed by atoms with van der Waals surface area (Å²) in [7, 11) is 1.49. The Morgan fingerprint density at radius 2 is 2.21 bits per heavy atom. The van der Waals surface area contributed by atoms with Gasteiger partial charge in [0.05, 0.1) is 22.6 Å². The number of carbonyl (C=O) groups is 1. The van der Waals surface area contributed by atoms with Gasteiger partial charge in [0.15, 0.2) is 0 Å². The van der Waals surface area contributed by atoms with Gasteiger partial charge in [0.25, 0.3) is 11.6 Å². The molecule has 0 aliphatic heterocycles. The molecule has 0 radical (unpaired) electrons. The number of carbonyl (C=O) groups excluding carboxylic acids is 1. The van der Waals surface area contributed by atoms with Crippen molar-refractivity contribution in [1.29, 1.82) is 0 Å². The SMILES string of the molecule is CC(CO)N(C)C(=O)c1cc(Cl)c(N)c([N+](=O)[O-])c1. The number of nitrogens with two attached hydrogens (primary N) is 1. The van der Waals surface area contributed by atoms with Crippen molar-refractivity contribution in [2.45, 2.75) is 13.0 Å². The van der Waals surface area contributed by atoms with E-state index >= 15 is 0 Å². The maximum absolute atomic E-state index is 12.1. The summed E-state index contributed by atoms with van der Waals surface area (Å²) < 4.78 is 0. The van der Waals surface area contributed by atoms with E-state index in [0.717, 1.165) is 6.07 Å². The number of nitrogen functional groups attached to an aromatic ring is 1. The Morgan fingerprint density at radius 3 is 2.68 bits per heavy atom. The normalized spacial score (nSPS) is 12.0. The number of halogens is 1. The molecular formula is C11H14ClN3O4. The zero-order chi connectivity index (χ0) is 14.7. The monoisotopic (exact) mass is 287 g/mol. The molecule has 0 spiro atoms. The van der Waals surface area contributed by atoms with Crippen LogP contribution in [-0.2, 0) is 0 Å². The molecule has 7 nitrogen and oxygen atoms in total. The molecule has 1 aromatic carbocycles. The largest absolute Gasteiger partial charge is 0.394 e. The Balaban J connectivity index is 3.22. The second-order valence-corrected chi connectivity index (χ2v) is 4.50. The lowest BCUT2D eigenvalue weighted by molar-refractivity contribution is -0.383. The second kappa shape index (κ2) is 5.85. The van der Waals surface area contributed by atoms with Crippen molar-refractivity contribution >= 4 is 28.9 Å². The minimum absolute atomic E-state index is 0.0497. The number of rotatable bonds is 4. The first-order valence-corrected chi connectivity index (χ1v) is 5.78. The van der Waals surface area contributed by atoms with Crippen LogP contribution < -0.4 is 5.73 Å². The van der Waals surface area contributed by atoms with Crippen molar-refractivity contribution in [2.75, 3.05) is 19.4 Å². The van der Waals surface area contributed by atoms with E-state index in [1.54, 1.807) is 6.92 Å². The smallest absolute Gasteiger partial charge is 0.294 e. The van der Waals surface area contributed by atoms with Crippen LogP contribution in [0.5, 0.6) is 0 Å². The number of aliphatic hydroxyl groups excluding tert-OH is 1. The van der Waals surface area contributed by atoms with Crippen LogP contribution in [0.2, 0.25) is 5.02 Å². The number of amides is 1. The average molecular weight is 288 g/mol. The molecule has 0 bridgehead atoms. The van der Waals surface area contributed by atoms with E-state index in [9.17, 15) is 14.9 Å². The van der Waals surface area contributed by atoms with Crippen LogP contribution in [-0.4, -0.2) is 40.5 Å². The third-order valence-corrected chi connectivity index (χ3v) is 3.11. The van der Waals surface area contributed by atoms with E-state index < -0.39 is 22.6 Å². The molecule has 0 aromatic heterocycles. The van der Waals surface area contributed by atoms with Crippen molar-refractivity contribution in [3.8, 4) is 0 Å². The predicted octanol–water partition coefficient (Wildman–Crippen LogP) is 1.28. The molecule has 1 aromatic rings. The highest BCUT2D eigenvalue weighted by atomic mass is 35.5. The number of aliphatic hydroxyl groups is 1. The van der Waals surface area contributed by atoms with Crippen molar-refractivity contribution in [3.05, 3.63) is 32.8 Å². The van der Waals surface area contributed by atoms with E-state index in [2.05, 4.69) is 0 Å². The first-order valence-electron chi connectivity index (χ1n) is 5.41. The van der Waals surface area contributed by atoms with Crippen molar-refractivity contribution in [1.82, 2.24) is 4.90 Å². The minimum Gasteiger partial charge on any atom is -0.394 e. The molecule has 0 aliphatic rings. The van der Waals surface area contributed by atoms with Gasteiger partial charge in [0, 0.05) is 18.7 Å². The summed E-state index contributed by atoms with van der Waals surface area (Å²) in [5, 5.41) is 19.8. The lowest BCUT2D eigenvalue weighted by atomic mass is 10.1. The Bertz CT molecular complexity index is 521. The number of nitro benzene ring substituents is 1. The molecule has 1 rings (SSSR count). The van der Waals surface area contributed by atoms with Gasteiger partial charge in [-0.05, 0) is 13.0 Å². The van der Waals surface area contributed by atoms with Crippen LogP contribution >= 0.6 is 11.6 Å². The van der Waals surface area contributed by atoms with Crippen LogP contribution in [0.1, 0.15) is 17.3 Å². The highest BCUT2D eigenvalue weighted by Crippen LogP contribution is 2.31. The third kappa shape index (κ3) is 3.12. The van der Waals surface area contributed by atoms with Gasteiger partial charge in [0.1, 0.15) is 5.69 Å². The third-order valence-electron chi connectivity index (χ3n) is 2.80. The summed E-state index contributed by atoms with van der Waals surface area (Å²) in [6, 6.07) is 1.93. The fourth-order valence-electron chi connectivity index (χ4n) is 1.40. The Morgan fingerprint density at radius 1 is 1.63 bits per heavy atom. The van der Waals surface area contributed by atoms with Crippen molar-refractivity contribution < 1.29 is 14.8 Å². The van der Waals surface area contributed by atoms with Crippen LogP contribution in [0.4, 0.5) is 11.4 Å². The molecular weight excluding hydrogens is 274 g/mol. The van der Waals surface area contributed by atoms with E-state index in [4.69, 9.17) is 22.4 Å². The molecule has 0 fully saturated rings. The van der Waals surface area contributed by atoms with Gasteiger partial charge in [-0.2, -0.15) is 0 Å². The van der Waals surface area contributed by atoms with Gasteiger partial charge in [-0.15, -0.1) is 0 Å². The van der Waals surface area contributed by atoms with Gasteiger partial charge in [-0.25, -0.2) is 0 Å². The van der Waals surface area contributed by atoms with Crippen molar-refractivity contribution in [2.24, 2.45) is 0 Å². The van der Waals surface area contributed by atoms with E-state index in [-0.39, 0.29) is 22.9 Å². The highest BCUT2D eigenvalue weighted by Gasteiger charge is 2.23. The second-order valence-electron chi connectivity index (χ2n) is 4.10. The molecule has 8 heteroatoms. The Hall–Kier alpha value is -1.86. The maximum Gasteiger partial charge on any atom is 0.294 e. The molecule has 0 heterocycles. The summed E-state index contributed by atoms with van der Waals surface area (Å²) in [5.74, 6) is -0.480.